The zero-order valence-corrected chi connectivity index (χ0v) is 7.40. The predicted octanol–water partition coefficient (Wildman–Crippen LogP) is -2.44. The Hall–Kier alpha value is -0.0900. The molecule has 0 aliphatic carbocycles. The summed E-state index contributed by atoms with van der Waals surface area (Å²) in [6, 6.07) is 0. The molecule has 0 aromatic heterocycles. The molecule has 78 valence electrons. The zero-order chi connectivity index (χ0) is 10.4. The summed E-state index contributed by atoms with van der Waals surface area (Å²) in [7, 11) is 0. The molecule has 0 saturated carbocycles. The fourth-order valence-corrected chi connectivity index (χ4v) is 0. The minimum absolute atomic E-state index is 0.0972. The van der Waals surface area contributed by atoms with E-state index < -0.39 is 11.4 Å². The van der Waals surface area contributed by atoms with E-state index in [2.05, 4.69) is 0 Å². The number of aliphatic hydroxyl groups excluding tert-OH is 2. The fraction of sp³-hybridized carbons (Fsp3) is 1.00. The maximum atomic E-state index is 8.67. The molecule has 7 nitrogen and oxygen atoms in total. The van der Waals surface area contributed by atoms with Crippen LogP contribution in [0, 0.1) is 0 Å². The van der Waals surface area contributed by atoms with Gasteiger partial charge >= 0.3 is 0 Å². The van der Waals surface area contributed by atoms with E-state index in [4.69, 9.17) is 35.0 Å². The van der Waals surface area contributed by atoms with Crippen LogP contribution >= 0.6 is 0 Å². The fourth-order valence-electron chi connectivity index (χ4n) is 0. The summed E-state index contributed by atoms with van der Waals surface area (Å²) < 4.78 is 22.8. The monoisotopic (exact) mass is 204 g/mol. The summed E-state index contributed by atoms with van der Waals surface area (Å²) in [6.45, 7) is 0.944. The van der Waals surface area contributed by atoms with Crippen molar-refractivity contribution < 1.29 is 23.5 Å². The molecular weight excluding hydrogens is 188 g/mol. The standard InChI is InChI=1S/2C2H7NO.H2O3S/c2*3-1-2-4;1-4(2)3/h2*4H,1-3H2;(H2,1,2,3). The van der Waals surface area contributed by atoms with Crippen molar-refractivity contribution in [1.82, 2.24) is 0 Å². The topological polar surface area (TPSA) is 150 Å². The van der Waals surface area contributed by atoms with Crippen LogP contribution in [0.4, 0.5) is 0 Å². The lowest BCUT2D eigenvalue weighted by molar-refractivity contribution is 0.306. The maximum absolute atomic E-state index is 8.67. The highest BCUT2D eigenvalue weighted by Gasteiger charge is 1.62. The first-order chi connectivity index (χ1) is 5.56. The number of hydrogen-bond donors (Lipinski definition) is 6. The molecule has 0 amide bonds. The van der Waals surface area contributed by atoms with Gasteiger partial charge in [0.05, 0.1) is 13.2 Å². The van der Waals surface area contributed by atoms with Gasteiger partial charge in [-0.25, -0.2) is 0 Å². The zero-order valence-electron chi connectivity index (χ0n) is 6.59. The van der Waals surface area contributed by atoms with Gasteiger partial charge in [0.1, 0.15) is 0 Å². The number of aliphatic hydroxyl groups is 2. The maximum Gasteiger partial charge on any atom is 0.299 e. The molecule has 0 spiro atoms. The first-order valence-corrected chi connectivity index (χ1v) is 4.04. The minimum Gasteiger partial charge on any atom is -0.395 e. The van der Waals surface area contributed by atoms with E-state index in [1.54, 1.807) is 0 Å². The van der Waals surface area contributed by atoms with Crippen LogP contribution in [-0.2, 0) is 11.4 Å². The number of hydrogen-bond acceptors (Lipinski definition) is 5. The van der Waals surface area contributed by atoms with Crippen LogP contribution in [0.5, 0.6) is 0 Å². The third-order valence-corrected chi connectivity index (χ3v) is 0.258. The highest BCUT2D eigenvalue weighted by Crippen LogP contribution is 1.44. The van der Waals surface area contributed by atoms with E-state index in [9.17, 15) is 0 Å². The summed E-state index contributed by atoms with van der Waals surface area (Å²) in [5.74, 6) is 0. The van der Waals surface area contributed by atoms with Crippen molar-refractivity contribution in [3.05, 3.63) is 0 Å². The second-order valence-corrected chi connectivity index (χ2v) is 1.72. The average Bonchev–Trinajstić information content (AvgIpc) is 2.03. The lowest BCUT2D eigenvalue weighted by atomic mass is 10.8. The first kappa shape index (κ1) is 17.9. The molecule has 0 radical (unpaired) electrons. The van der Waals surface area contributed by atoms with Crippen LogP contribution in [0.2, 0.25) is 0 Å². The molecule has 0 unspecified atom stereocenters. The Morgan fingerprint density at radius 1 is 1.00 bits per heavy atom. The smallest absolute Gasteiger partial charge is 0.299 e. The molecule has 12 heavy (non-hydrogen) atoms. The molecule has 0 aromatic carbocycles. The van der Waals surface area contributed by atoms with Gasteiger partial charge in [0.2, 0.25) is 0 Å². The summed E-state index contributed by atoms with van der Waals surface area (Å²) >= 11 is -2.61. The molecule has 0 rings (SSSR count). The molecule has 0 fully saturated rings. The van der Waals surface area contributed by atoms with E-state index >= 15 is 0 Å². The largest absolute Gasteiger partial charge is 0.395 e. The van der Waals surface area contributed by atoms with Crippen molar-refractivity contribution in [3.8, 4) is 0 Å². The molecule has 0 aromatic rings. The van der Waals surface area contributed by atoms with Gasteiger partial charge in [-0.05, 0) is 0 Å². The summed E-state index contributed by atoms with van der Waals surface area (Å²) in [4.78, 5) is 0. The van der Waals surface area contributed by atoms with Gasteiger partial charge in [-0.1, -0.05) is 0 Å². The Labute approximate surface area is 73.5 Å². The summed E-state index contributed by atoms with van der Waals surface area (Å²) in [5.41, 5.74) is 9.56. The van der Waals surface area contributed by atoms with Gasteiger partial charge in [0, 0.05) is 13.1 Å². The average molecular weight is 204 g/mol. The van der Waals surface area contributed by atoms with Crippen molar-refractivity contribution in [2.45, 2.75) is 0 Å². The van der Waals surface area contributed by atoms with Gasteiger partial charge in [-0.15, -0.1) is 0 Å². The van der Waals surface area contributed by atoms with Crippen LogP contribution in [-0.4, -0.2) is 49.8 Å². The second kappa shape index (κ2) is 22.4. The van der Waals surface area contributed by atoms with Crippen LogP contribution in [0.3, 0.4) is 0 Å². The van der Waals surface area contributed by atoms with E-state index in [1.807, 2.05) is 0 Å². The quantitative estimate of drug-likeness (QED) is 0.273. The lowest BCUT2D eigenvalue weighted by Gasteiger charge is -1.71. The molecule has 0 bridgehead atoms. The van der Waals surface area contributed by atoms with E-state index in [1.165, 1.54) is 0 Å². The number of nitrogens with two attached hydrogens (primary N) is 2. The third kappa shape index (κ3) is 216. The Kier molecular flexibility index (Phi) is 33.4. The van der Waals surface area contributed by atoms with Crippen molar-refractivity contribution in [1.29, 1.82) is 0 Å². The second-order valence-electron chi connectivity index (χ2n) is 1.26. The molecule has 0 aliphatic heterocycles. The van der Waals surface area contributed by atoms with Crippen molar-refractivity contribution in [2.75, 3.05) is 26.3 Å². The van der Waals surface area contributed by atoms with Gasteiger partial charge < -0.3 is 21.7 Å². The Bertz CT molecular complexity index is 71.8. The normalized spacial score (nSPS) is 7.92. The summed E-state index contributed by atoms with van der Waals surface area (Å²) in [5, 5.41) is 15.5. The number of rotatable bonds is 2. The predicted molar refractivity (Wildman–Crippen MR) is 45.7 cm³/mol. The molecular formula is C4H16N2O5S. The molecule has 8 heteroatoms. The first-order valence-electron chi connectivity index (χ1n) is 2.98. The SMILES string of the molecule is NCCO.NCCO.O=S(O)O. The molecule has 0 heterocycles. The Morgan fingerprint density at radius 3 is 1.08 bits per heavy atom. The van der Waals surface area contributed by atoms with Gasteiger partial charge in [-0.2, -0.15) is 4.21 Å². The molecule has 8 N–H and O–H groups in total. The van der Waals surface area contributed by atoms with Crippen LogP contribution in [0.15, 0.2) is 0 Å². The highest BCUT2D eigenvalue weighted by atomic mass is 32.2. The van der Waals surface area contributed by atoms with E-state index in [0.29, 0.717) is 13.1 Å². The van der Waals surface area contributed by atoms with Crippen LogP contribution in [0.1, 0.15) is 0 Å². The van der Waals surface area contributed by atoms with Crippen LogP contribution < -0.4 is 11.5 Å². The van der Waals surface area contributed by atoms with Crippen molar-refractivity contribution in [3.63, 3.8) is 0 Å². The molecule has 0 atom stereocenters. The Balaban J connectivity index is -0.000000101. The molecule has 0 aliphatic rings. The minimum atomic E-state index is -2.61. The van der Waals surface area contributed by atoms with Gasteiger partial charge in [0.15, 0.2) is 0 Å². The molecule has 0 saturated heterocycles. The van der Waals surface area contributed by atoms with Crippen molar-refractivity contribution >= 4 is 11.4 Å². The van der Waals surface area contributed by atoms with Crippen molar-refractivity contribution in [2.24, 2.45) is 11.5 Å². The highest BCUT2D eigenvalue weighted by molar-refractivity contribution is 7.73. The van der Waals surface area contributed by atoms with Gasteiger partial charge in [-0.3, -0.25) is 9.11 Å². The third-order valence-electron chi connectivity index (χ3n) is 0.258. The van der Waals surface area contributed by atoms with E-state index in [0.717, 1.165) is 0 Å². The van der Waals surface area contributed by atoms with E-state index in [-0.39, 0.29) is 13.2 Å². The summed E-state index contributed by atoms with van der Waals surface area (Å²) in [6.07, 6.45) is 0. The Morgan fingerprint density at radius 2 is 1.08 bits per heavy atom. The van der Waals surface area contributed by atoms with Gasteiger partial charge in [0.25, 0.3) is 11.4 Å². The lowest BCUT2D eigenvalue weighted by Crippen LogP contribution is -2.02. The van der Waals surface area contributed by atoms with Crippen LogP contribution in [0.25, 0.3) is 0 Å².